The molecule has 21 heavy (non-hydrogen) atoms. The number of methoxy groups -OCH3 is 1. The van der Waals surface area contributed by atoms with Gasteiger partial charge in [0.1, 0.15) is 0 Å². The van der Waals surface area contributed by atoms with Crippen LogP contribution in [0.15, 0.2) is 18.2 Å². The number of hydrogen-bond donors (Lipinski definition) is 2. The Kier molecular flexibility index (Phi) is 5.88. The second-order valence-corrected chi connectivity index (χ2v) is 5.81. The van der Waals surface area contributed by atoms with E-state index in [-0.39, 0.29) is 0 Å². The van der Waals surface area contributed by atoms with Gasteiger partial charge in [-0.25, -0.2) is 0 Å². The molecule has 4 nitrogen and oxygen atoms in total. The molecule has 0 heterocycles. The summed E-state index contributed by atoms with van der Waals surface area (Å²) in [5.74, 6) is 1.53. The minimum Gasteiger partial charge on any atom is -0.493 e. The van der Waals surface area contributed by atoms with E-state index in [0.717, 1.165) is 49.3 Å². The summed E-state index contributed by atoms with van der Waals surface area (Å²) in [7, 11) is 1.65. The molecule has 1 aliphatic carbocycles. The Morgan fingerprint density at radius 1 is 1.19 bits per heavy atom. The molecule has 1 fully saturated rings. The molecule has 1 saturated carbocycles. The van der Waals surface area contributed by atoms with Crippen LogP contribution in [0, 0.1) is 0 Å². The first kappa shape index (κ1) is 16.1. The maximum atomic E-state index is 10.5. The van der Waals surface area contributed by atoms with Crippen molar-refractivity contribution < 1.29 is 14.6 Å². The van der Waals surface area contributed by atoms with Crippen molar-refractivity contribution >= 4 is 0 Å². The van der Waals surface area contributed by atoms with Gasteiger partial charge in [-0.05, 0) is 37.5 Å². The first-order chi connectivity index (χ1) is 10.2. The molecule has 0 radical (unpaired) electrons. The molecule has 1 aromatic rings. The van der Waals surface area contributed by atoms with Crippen molar-refractivity contribution in [3.8, 4) is 11.5 Å². The lowest BCUT2D eigenvalue weighted by Crippen LogP contribution is -2.41. The van der Waals surface area contributed by atoms with Gasteiger partial charge in [0.15, 0.2) is 11.5 Å². The van der Waals surface area contributed by atoms with E-state index in [9.17, 15) is 5.11 Å². The Morgan fingerprint density at radius 2 is 1.95 bits per heavy atom. The van der Waals surface area contributed by atoms with Crippen molar-refractivity contribution in [2.45, 2.75) is 51.2 Å². The highest BCUT2D eigenvalue weighted by molar-refractivity contribution is 5.42. The number of ether oxygens (including phenoxy) is 2. The zero-order valence-electron chi connectivity index (χ0n) is 13.2. The second-order valence-electron chi connectivity index (χ2n) is 5.81. The zero-order valence-corrected chi connectivity index (χ0v) is 13.2. The van der Waals surface area contributed by atoms with Crippen molar-refractivity contribution in [3.63, 3.8) is 0 Å². The van der Waals surface area contributed by atoms with E-state index >= 15 is 0 Å². The van der Waals surface area contributed by atoms with Crippen LogP contribution in [0.1, 0.15) is 44.6 Å². The Bertz CT molecular complexity index is 442. The van der Waals surface area contributed by atoms with Crippen molar-refractivity contribution in [1.29, 1.82) is 0 Å². The van der Waals surface area contributed by atoms with E-state index in [4.69, 9.17) is 9.47 Å². The highest BCUT2D eigenvalue weighted by Gasteiger charge is 2.28. The van der Waals surface area contributed by atoms with E-state index in [2.05, 4.69) is 5.32 Å². The van der Waals surface area contributed by atoms with Crippen LogP contribution in [0.4, 0.5) is 0 Å². The van der Waals surface area contributed by atoms with Crippen LogP contribution in [0.2, 0.25) is 0 Å². The van der Waals surface area contributed by atoms with Gasteiger partial charge in [-0.3, -0.25) is 0 Å². The summed E-state index contributed by atoms with van der Waals surface area (Å²) in [6.07, 6.45) is 5.34. The summed E-state index contributed by atoms with van der Waals surface area (Å²) in [5, 5.41) is 13.8. The normalized spacial score (nSPS) is 17.5. The standard InChI is InChI=1S/C17H27NO3/c1-3-21-16-11-14(7-8-15(16)20-2)12-18-13-17(19)9-5-4-6-10-17/h7-8,11,18-19H,3-6,9-10,12-13H2,1-2H3. The Labute approximate surface area is 127 Å². The largest absolute Gasteiger partial charge is 0.493 e. The van der Waals surface area contributed by atoms with Gasteiger partial charge in [-0.2, -0.15) is 0 Å². The lowest BCUT2D eigenvalue weighted by Gasteiger charge is -2.32. The highest BCUT2D eigenvalue weighted by atomic mass is 16.5. The van der Waals surface area contributed by atoms with Crippen LogP contribution < -0.4 is 14.8 Å². The van der Waals surface area contributed by atoms with Crippen LogP contribution in [-0.4, -0.2) is 31.0 Å². The van der Waals surface area contributed by atoms with Gasteiger partial charge in [-0.15, -0.1) is 0 Å². The predicted molar refractivity (Wildman–Crippen MR) is 83.9 cm³/mol. The molecule has 2 rings (SSSR count). The Morgan fingerprint density at radius 3 is 2.62 bits per heavy atom. The molecule has 1 aromatic carbocycles. The minimum atomic E-state index is -0.520. The smallest absolute Gasteiger partial charge is 0.161 e. The Balaban J connectivity index is 1.89. The quantitative estimate of drug-likeness (QED) is 0.811. The number of hydrogen-bond acceptors (Lipinski definition) is 4. The number of nitrogens with one attached hydrogen (secondary N) is 1. The molecule has 4 heteroatoms. The van der Waals surface area contributed by atoms with Gasteiger partial charge in [0.2, 0.25) is 0 Å². The Hall–Kier alpha value is -1.26. The van der Waals surface area contributed by atoms with E-state index in [1.165, 1.54) is 6.42 Å². The molecule has 0 amide bonds. The van der Waals surface area contributed by atoms with Crippen LogP contribution in [0.25, 0.3) is 0 Å². The summed E-state index contributed by atoms with van der Waals surface area (Å²) in [6, 6.07) is 5.96. The maximum Gasteiger partial charge on any atom is 0.161 e. The highest BCUT2D eigenvalue weighted by Crippen LogP contribution is 2.29. The van der Waals surface area contributed by atoms with Crippen LogP contribution in [0.3, 0.4) is 0 Å². The molecule has 2 N–H and O–H groups in total. The molecule has 118 valence electrons. The average molecular weight is 293 g/mol. The SMILES string of the molecule is CCOc1cc(CNCC2(O)CCCCC2)ccc1OC. The molecule has 0 bridgehead atoms. The third-order valence-electron chi connectivity index (χ3n) is 4.10. The van der Waals surface area contributed by atoms with Crippen LogP contribution in [-0.2, 0) is 6.54 Å². The third-order valence-corrected chi connectivity index (χ3v) is 4.10. The predicted octanol–water partition coefficient (Wildman–Crippen LogP) is 2.88. The van der Waals surface area contributed by atoms with Crippen molar-refractivity contribution in [1.82, 2.24) is 5.32 Å². The fraction of sp³-hybridized carbons (Fsp3) is 0.647. The molecule has 0 aromatic heterocycles. The third kappa shape index (κ3) is 4.61. The number of aliphatic hydroxyl groups is 1. The fourth-order valence-corrected chi connectivity index (χ4v) is 2.93. The zero-order chi connectivity index (χ0) is 15.1. The molecule has 0 spiro atoms. The lowest BCUT2D eigenvalue weighted by atomic mass is 9.85. The maximum absolute atomic E-state index is 10.5. The second kappa shape index (κ2) is 7.66. The van der Waals surface area contributed by atoms with Gasteiger partial charge < -0.3 is 19.9 Å². The van der Waals surface area contributed by atoms with E-state index in [0.29, 0.717) is 13.2 Å². The van der Waals surface area contributed by atoms with Gasteiger partial charge in [0.25, 0.3) is 0 Å². The molecule has 0 saturated heterocycles. The van der Waals surface area contributed by atoms with E-state index < -0.39 is 5.60 Å². The topological polar surface area (TPSA) is 50.7 Å². The van der Waals surface area contributed by atoms with Gasteiger partial charge in [0, 0.05) is 13.1 Å². The lowest BCUT2D eigenvalue weighted by molar-refractivity contribution is 0.00467. The molecule has 0 unspecified atom stereocenters. The molecular formula is C17H27NO3. The number of benzene rings is 1. The van der Waals surface area contributed by atoms with Crippen LogP contribution in [0.5, 0.6) is 11.5 Å². The first-order valence-electron chi connectivity index (χ1n) is 7.90. The van der Waals surface area contributed by atoms with Crippen molar-refractivity contribution in [3.05, 3.63) is 23.8 Å². The fourth-order valence-electron chi connectivity index (χ4n) is 2.93. The van der Waals surface area contributed by atoms with Gasteiger partial charge in [0.05, 0.1) is 19.3 Å². The molecular weight excluding hydrogens is 266 g/mol. The first-order valence-corrected chi connectivity index (χ1v) is 7.90. The van der Waals surface area contributed by atoms with E-state index in [1.807, 2.05) is 25.1 Å². The minimum absolute atomic E-state index is 0.520. The molecule has 1 aliphatic rings. The summed E-state index contributed by atoms with van der Waals surface area (Å²) < 4.78 is 10.9. The van der Waals surface area contributed by atoms with Crippen LogP contribution >= 0.6 is 0 Å². The summed E-state index contributed by atoms with van der Waals surface area (Å²) in [6.45, 7) is 3.96. The van der Waals surface area contributed by atoms with Gasteiger partial charge >= 0.3 is 0 Å². The van der Waals surface area contributed by atoms with Crippen molar-refractivity contribution in [2.75, 3.05) is 20.3 Å². The average Bonchev–Trinajstić information content (AvgIpc) is 2.48. The molecule has 0 aliphatic heterocycles. The van der Waals surface area contributed by atoms with Gasteiger partial charge in [-0.1, -0.05) is 25.3 Å². The summed E-state index contributed by atoms with van der Waals surface area (Å²) in [5.41, 5.74) is 0.617. The summed E-state index contributed by atoms with van der Waals surface area (Å²) in [4.78, 5) is 0. The van der Waals surface area contributed by atoms with E-state index in [1.54, 1.807) is 7.11 Å². The van der Waals surface area contributed by atoms with Crippen molar-refractivity contribution in [2.24, 2.45) is 0 Å². The number of rotatable bonds is 7. The molecule has 0 atom stereocenters. The summed E-state index contributed by atoms with van der Waals surface area (Å²) >= 11 is 0. The monoisotopic (exact) mass is 293 g/mol.